The van der Waals surface area contributed by atoms with E-state index in [0.29, 0.717) is 22.0 Å². The van der Waals surface area contributed by atoms with E-state index in [1.165, 1.54) is 29.7 Å². The summed E-state index contributed by atoms with van der Waals surface area (Å²) in [6.45, 7) is 0.415. The van der Waals surface area contributed by atoms with Gasteiger partial charge in [-0.2, -0.15) is 0 Å². The number of ether oxygens (including phenoxy) is 2. The number of rotatable bonds is 3. The zero-order chi connectivity index (χ0) is 13.9. The minimum absolute atomic E-state index is 0.0153. The number of aromatic nitrogens is 1. The number of hydrogen-bond donors (Lipinski definition) is 0. The molecule has 20 heavy (non-hydrogen) atoms. The summed E-state index contributed by atoms with van der Waals surface area (Å²) in [6.07, 6.45) is 3.17. The number of fused-ring (bicyclic) bond motifs is 1. The van der Waals surface area contributed by atoms with E-state index >= 15 is 0 Å². The molecule has 1 aromatic heterocycles. The lowest BCUT2D eigenvalue weighted by Gasteiger charge is -2.19. The second-order valence-corrected chi connectivity index (χ2v) is 4.84. The monoisotopic (exact) mass is 291 g/mol. The molecule has 7 nitrogen and oxygen atoms in total. The van der Waals surface area contributed by atoms with Crippen molar-refractivity contribution < 1.29 is 14.4 Å². The Labute approximate surface area is 117 Å². The van der Waals surface area contributed by atoms with E-state index in [0.717, 1.165) is 0 Å². The van der Waals surface area contributed by atoms with E-state index in [2.05, 4.69) is 9.98 Å². The highest BCUT2D eigenvalue weighted by atomic mass is 32.1. The maximum atomic E-state index is 10.9. The summed E-state index contributed by atoms with van der Waals surface area (Å²) in [7, 11) is 0. The van der Waals surface area contributed by atoms with Crippen molar-refractivity contribution in [2.45, 2.75) is 6.61 Å². The van der Waals surface area contributed by atoms with Gasteiger partial charge < -0.3 is 9.47 Å². The van der Waals surface area contributed by atoms with Crippen molar-refractivity contribution in [3.63, 3.8) is 0 Å². The van der Waals surface area contributed by atoms with Gasteiger partial charge in [0.1, 0.15) is 5.75 Å². The molecule has 0 spiro atoms. The quantitative estimate of drug-likeness (QED) is 0.493. The van der Waals surface area contributed by atoms with Crippen LogP contribution in [0, 0.1) is 10.1 Å². The molecule has 8 heteroatoms. The van der Waals surface area contributed by atoms with Crippen LogP contribution in [-0.2, 0) is 11.3 Å². The predicted molar refractivity (Wildman–Crippen MR) is 72.7 cm³/mol. The molecule has 1 aliphatic rings. The number of benzene rings is 1. The Kier molecular flexibility index (Phi) is 3.40. The van der Waals surface area contributed by atoms with Crippen LogP contribution in [0.3, 0.4) is 0 Å². The van der Waals surface area contributed by atoms with Crippen LogP contribution in [-0.4, -0.2) is 22.9 Å². The maximum Gasteiger partial charge on any atom is 0.270 e. The molecule has 0 aliphatic carbocycles. The van der Waals surface area contributed by atoms with Crippen molar-refractivity contribution in [3.05, 3.63) is 45.0 Å². The van der Waals surface area contributed by atoms with Crippen molar-refractivity contribution in [1.29, 1.82) is 0 Å². The summed E-state index contributed by atoms with van der Waals surface area (Å²) >= 11 is 1.38. The minimum atomic E-state index is -0.449. The van der Waals surface area contributed by atoms with Gasteiger partial charge in [0.25, 0.3) is 5.69 Å². The Morgan fingerprint density at radius 3 is 3.15 bits per heavy atom. The lowest BCUT2D eigenvalue weighted by Crippen LogP contribution is -2.13. The fraction of sp³-hybridized carbons (Fsp3) is 0.167. The molecule has 1 aromatic carbocycles. The first kappa shape index (κ1) is 12.7. The van der Waals surface area contributed by atoms with Crippen LogP contribution in [0.5, 0.6) is 5.75 Å². The fourth-order valence-electron chi connectivity index (χ4n) is 1.84. The van der Waals surface area contributed by atoms with Gasteiger partial charge in [0.15, 0.2) is 6.79 Å². The van der Waals surface area contributed by atoms with Gasteiger partial charge in [-0.3, -0.25) is 10.1 Å². The number of nitro benzene ring substituents is 1. The van der Waals surface area contributed by atoms with E-state index in [4.69, 9.17) is 9.47 Å². The normalized spacial score (nSPS) is 14.0. The van der Waals surface area contributed by atoms with Crippen molar-refractivity contribution in [3.8, 4) is 5.75 Å². The molecule has 0 unspecified atom stereocenters. The molecule has 1 aliphatic heterocycles. The van der Waals surface area contributed by atoms with Gasteiger partial charge in [-0.25, -0.2) is 9.98 Å². The average Bonchev–Trinajstić information content (AvgIpc) is 2.97. The first-order valence-electron chi connectivity index (χ1n) is 5.69. The Balaban J connectivity index is 2.03. The van der Waals surface area contributed by atoms with Crippen LogP contribution in [0.1, 0.15) is 11.1 Å². The van der Waals surface area contributed by atoms with Gasteiger partial charge in [0.05, 0.1) is 11.5 Å². The molecule has 102 valence electrons. The van der Waals surface area contributed by atoms with Gasteiger partial charge in [0, 0.05) is 41.1 Å². The zero-order valence-corrected chi connectivity index (χ0v) is 11.0. The Morgan fingerprint density at radius 1 is 1.50 bits per heavy atom. The molecule has 0 saturated heterocycles. The maximum absolute atomic E-state index is 10.9. The van der Waals surface area contributed by atoms with E-state index in [9.17, 15) is 10.1 Å². The van der Waals surface area contributed by atoms with E-state index in [-0.39, 0.29) is 19.1 Å². The third kappa shape index (κ3) is 2.51. The van der Waals surface area contributed by atoms with Crippen LogP contribution >= 0.6 is 11.3 Å². The molecule has 0 bridgehead atoms. The van der Waals surface area contributed by atoms with Gasteiger partial charge in [0.2, 0.25) is 5.13 Å². The van der Waals surface area contributed by atoms with Gasteiger partial charge in [-0.15, -0.1) is 11.3 Å². The molecule has 0 radical (unpaired) electrons. The highest BCUT2D eigenvalue weighted by molar-refractivity contribution is 7.13. The van der Waals surface area contributed by atoms with Crippen molar-refractivity contribution >= 4 is 28.4 Å². The predicted octanol–water partition coefficient (Wildman–Crippen LogP) is 2.67. The number of non-ortho nitro benzene ring substituents is 1. The van der Waals surface area contributed by atoms with Crippen molar-refractivity contribution in [2.24, 2.45) is 4.99 Å². The van der Waals surface area contributed by atoms with E-state index in [1.807, 2.05) is 0 Å². The van der Waals surface area contributed by atoms with Gasteiger partial charge in [-0.1, -0.05) is 0 Å². The Bertz CT molecular complexity index is 670. The van der Waals surface area contributed by atoms with Crippen LogP contribution in [0.25, 0.3) is 0 Å². The SMILES string of the molecule is O=[N+]([O-])c1cc(/C=N/c2nccs2)c2c(c1)COCO2. The third-order valence-corrected chi connectivity index (χ3v) is 3.35. The molecule has 0 atom stereocenters. The highest BCUT2D eigenvalue weighted by Gasteiger charge is 2.20. The summed E-state index contributed by atoms with van der Waals surface area (Å²) in [5, 5.41) is 13.3. The Hall–Kier alpha value is -2.32. The minimum Gasteiger partial charge on any atom is -0.466 e. The van der Waals surface area contributed by atoms with Crippen LogP contribution in [0.4, 0.5) is 10.8 Å². The first-order valence-corrected chi connectivity index (χ1v) is 6.57. The van der Waals surface area contributed by atoms with Crippen molar-refractivity contribution in [1.82, 2.24) is 4.98 Å². The van der Waals surface area contributed by atoms with Crippen LogP contribution in [0.2, 0.25) is 0 Å². The zero-order valence-electron chi connectivity index (χ0n) is 10.2. The van der Waals surface area contributed by atoms with Gasteiger partial charge in [-0.05, 0) is 0 Å². The number of nitro groups is 1. The summed E-state index contributed by atoms with van der Waals surface area (Å²) in [5.41, 5.74) is 1.18. The highest BCUT2D eigenvalue weighted by Crippen LogP contribution is 2.32. The molecule has 0 N–H and O–H groups in total. The smallest absolute Gasteiger partial charge is 0.270 e. The topological polar surface area (TPSA) is 86.9 Å². The third-order valence-electron chi connectivity index (χ3n) is 2.67. The fourth-order valence-corrected chi connectivity index (χ4v) is 2.32. The number of nitrogens with zero attached hydrogens (tertiary/aromatic N) is 3. The van der Waals surface area contributed by atoms with Crippen molar-refractivity contribution in [2.75, 3.05) is 6.79 Å². The second kappa shape index (κ2) is 5.35. The molecular weight excluding hydrogens is 282 g/mol. The molecule has 0 saturated carbocycles. The molecule has 3 rings (SSSR count). The summed E-state index contributed by atoms with van der Waals surface area (Å²) in [6, 6.07) is 2.89. The number of aliphatic imine (C=N–C) groups is 1. The molecule has 2 aromatic rings. The molecule has 2 heterocycles. The second-order valence-electron chi connectivity index (χ2n) is 3.96. The van der Waals surface area contributed by atoms with Gasteiger partial charge >= 0.3 is 0 Å². The Morgan fingerprint density at radius 2 is 2.40 bits per heavy atom. The average molecular weight is 291 g/mol. The molecule has 0 fully saturated rings. The largest absolute Gasteiger partial charge is 0.466 e. The molecule has 0 amide bonds. The van der Waals surface area contributed by atoms with Crippen LogP contribution in [0.15, 0.2) is 28.7 Å². The van der Waals surface area contributed by atoms with E-state index < -0.39 is 4.92 Å². The number of hydrogen-bond acceptors (Lipinski definition) is 7. The van der Waals surface area contributed by atoms with E-state index in [1.54, 1.807) is 11.6 Å². The lowest BCUT2D eigenvalue weighted by atomic mass is 10.1. The van der Waals surface area contributed by atoms with Crippen LogP contribution < -0.4 is 4.74 Å². The first-order chi connectivity index (χ1) is 9.74. The summed E-state index contributed by atoms with van der Waals surface area (Å²) in [4.78, 5) is 18.7. The summed E-state index contributed by atoms with van der Waals surface area (Å²) < 4.78 is 10.5. The summed E-state index contributed by atoms with van der Waals surface area (Å²) in [5.74, 6) is 0.571. The molecular formula is C12H9N3O4S. The standard InChI is InChI=1S/C12H9N3O4S/c16-15(17)10-3-8(5-14-12-13-1-2-20-12)11-9(4-10)6-18-7-19-11/h1-5H,6-7H2/b14-5+. The number of thiazole rings is 1. The lowest BCUT2D eigenvalue weighted by molar-refractivity contribution is -0.385.